The molecule has 0 bridgehead atoms. The summed E-state index contributed by atoms with van der Waals surface area (Å²) in [6.07, 6.45) is 3.00. The van der Waals surface area contributed by atoms with Gasteiger partial charge in [-0.15, -0.1) is 0 Å². The molecule has 7 nitrogen and oxygen atoms in total. The number of nitrogens with one attached hydrogen (secondary N) is 2. The van der Waals surface area contributed by atoms with Gasteiger partial charge >= 0.3 is 0 Å². The molecule has 30 heavy (non-hydrogen) atoms. The van der Waals surface area contributed by atoms with Gasteiger partial charge in [-0.3, -0.25) is 4.79 Å². The van der Waals surface area contributed by atoms with Gasteiger partial charge in [-0.05, 0) is 62.5 Å². The van der Waals surface area contributed by atoms with Gasteiger partial charge in [-0.25, -0.2) is 4.68 Å². The first kappa shape index (κ1) is 23.7. The number of amides is 1. The van der Waals surface area contributed by atoms with E-state index in [2.05, 4.69) is 24.5 Å². The van der Waals surface area contributed by atoms with Crippen molar-refractivity contribution in [2.75, 3.05) is 32.5 Å². The highest BCUT2D eigenvalue weighted by Crippen LogP contribution is 2.40. The minimum atomic E-state index is -0.214. The third kappa shape index (κ3) is 5.33. The summed E-state index contributed by atoms with van der Waals surface area (Å²) in [5, 5.41) is 10.8. The molecule has 3 rings (SSSR count). The van der Waals surface area contributed by atoms with Crippen molar-refractivity contribution in [3.05, 3.63) is 29.8 Å². The summed E-state index contributed by atoms with van der Waals surface area (Å²) in [6, 6.07) is 7.91. The van der Waals surface area contributed by atoms with Gasteiger partial charge in [0.25, 0.3) is 5.91 Å². The van der Waals surface area contributed by atoms with E-state index in [0.29, 0.717) is 29.6 Å². The lowest BCUT2D eigenvalue weighted by Gasteiger charge is -2.36. The highest BCUT2D eigenvalue weighted by atomic mass is 16.5. The van der Waals surface area contributed by atoms with Gasteiger partial charge in [0, 0.05) is 12.6 Å². The molecule has 2 aromatic rings. The van der Waals surface area contributed by atoms with Gasteiger partial charge in [-0.1, -0.05) is 27.7 Å². The second-order valence-electron chi connectivity index (χ2n) is 7.30. The Morgan fingerprint density at radius 3 is 2.47 bits per heavy atom. The zero-order valence-corrected chi connectivity index (χ0v) is 19.0. The predicted molar refractivity (Wildman–Crippen MR) is 123 cm³/mol. The van der Waals surface area contributed by atoms with Crippen molar-refractivity contribution >= 4 is 11.7 Å². The van der Waals surface area contributed by atoms with Crippen LogP contribution in [0.2, 0.25) is 0 Å². The highest BCUT2D eigenvalue weighted by molar-refractivity contribution is 6.04. The van der Waals surface area contributed by atoms with Crippen LogP contribution in [-0.2, 0) is 0 Å². The van der Waals surface area contributed by atoms with Gasteiger partial charge in [0.15, 0.2) is 0 Å². The third-order valence-electron chi connectivity index (χ3n) is 5.24. The van der Waals surface area contributed by atoms with Crippen LogP contribution in [0.4, 0.5) is 5.82 Å². The van der Waals surface area contributed by atoms with Gasteiger partial charge in [0.2, 0.25) is 0 Å². The largest absolute Gasteiger partial charge is 0.494 e. The van der Waals surface area contributed by atoms with Crippen LogP contribution in [0.5, 0.6) is 5.75 Å². The molecule has 0 radical (unpaired) electrons. The van der Waals surface area contributed by atoms with Crippen LogP contribution in [-0.4, -0.2) is 42.4 Å². The van der Waals surface area contributed by atoms with E-state index in [1.54, 1.807) is 7.05 Å². The lowest BCUT2D eigenvalue weighted by atomic mass is 9.80. The van der Waals surface area contributed by atoms with Gasteiger partial charge in [-0.2, -0.15) is 5.10 Å². The zero-order chi connectivity index (χ0) is 22.1. The Bertz CT molecular complexity index is 795. The Morgan fingerprint density at radius 1 is 1.23 bits per heavy atom. The summed E-state index contributed by atoms with van der Waals surface area (Å²) in [4.78, 5) is 12.5. The first-order chi connectivity index (χ1) is 14.6. The average Bonchev–Trinajstić information content (AvgIpc) is 3.09. The molecule has 1 amide bonds. The van der Waals surface area contributed by atoms with Gasteiger partial charge in [0.1, 0.15) is 22.8 Å². The monoisotopic (exact) mass is 415 g/mol. The van der Waals surface area contributed by atoms with Crippen molar-refractivity contribution in [3.8, 4) is 17.0 Å². The molecule has 7 heteroatoms. The number of nitrogen functional groups attached to an aromatic ring is 1. The van der Waals surface area contributed by atoms with Gasteiger partial charge < -0.3 is 21.1 Å². The third-order valence-corrected chi connectivity index (χ3v) is 5.24. The summed E-state index contributed by atoms with van der Waals surface area (Å²) < 4.78 is 7.48. The van der Waals surface area contributed by atoms with Crippen LogP contribution < -0.4 is 21.1 Å². The highest BCUT2D eigenvalue weighted by Gasteiger charge is 2.34. The number of anilines is 1. The molecule has 0 unspecified atom stereocenters. The van der Waals surface area contributed by atoms with Crippen molar-refractivity contribution in [1.29, 1.82) is 0 Å². The Kier molecular flexibility index (Phi) is 9.17. The molecule has 1 aliphatic carbocycles. The number of aromatic nitrogens is 2. The quantitative estimate of drug-likeness (QED) is 0.578. The van der Waals surface area contributed by atoms with Crippen molar-refractivity contribution in [2.45, 2.75) is 53.0 Å². The van der Waals surface area contributed by atoms with Crippen LogP contribution in [0.15, 0.2) is 24.3 Å². The van der Waals surface area contributed by atoms with E-state index < -0.39 is 0 Å². The molecular weight excluding hydrogens is 378 g/mol. The molecule has 0 atom stereocenters. The fraction of sp³-hybridized carbons (Fsp3) is 0.565. The van der Waals surface area contributed by atoms with E-state index in [0.717, 1.165) is 43.7 Å². The molecule has 1 saturated carbocycles. The van der Waals surface area contributed by atoms with Crippen molar-refractivity contribution in [2.24, 2.45) is 5.92 Å². The number of carbonyl (C=O) groups excluding carboxylic acids is 1. The van der Waals surface area contributed by atoms with E-state index >= 15 is 0 Å². The Balaban J connectivity index is 0.00000155. The summed E-state index contributed by atoms with van der Waals surface area (Å²) in [7, 11) is 1.61. The van der Waals surface area contributed by atoms with Crippen LogP contribution in [0.25, 0.3) is 11.3 Å². The number of rotatable bonds is 9. The maximum atomic E-state index is 12.5. The van der Waals surface area contributed by atoms with Crippen molar-refractivity contribution in [3.63, 3.8) is 0 Å². The van der Waals surface area contributed by atoms with Crippen LogP contribution in [0.1, 0.15) is 63.4 Å². The van der Waals surface area contributed by atoms with Crippen molar-refractivity contribution < 1.29 is 9.53 Å². The maximum absolute atomic E-state index is 12.5. The maximum Gasteiger partial charge on any atom is 0.257 e. The Hall–Kier alpha value is -2.54. The SMILES string of the molecule is CC.CCCOc1ccc(-c2nn(C3CC(CNCC)C3)c(N)c2C(=O)NC)cc1. The molecule has 0 spiro atoms. The number of hydrogen-bond donors (Lipinski definition) is 3. The second kappa shape index (κ2) is 11.6. The second-order valence-corrected chi connectivity index (χ2v) is 7.30. The van der Waals surface area contributed by atoms with E-state index in [4.69, 9.17) is 15.6 Å². The smallest absolute Gasteiger partial charge is 0.257 e. The number of nitrogens with zero attached hydrogens (tertiary/aromatic N) is 2. The number of benzene rings is 1. The fourth-order valence-corrected chi connectivity index (χ4v) is 3.62. The number of ether oxygens (including phenoxy) is 1. The normalized spacial score (nSPS) is 17.5. The van der Waals surface area contributed by atoms with Crippen LogP contribution in [0, 0.1) is 5.92 Å². The van der Waals surface area contributed by atoms with Crippen molar-refractivity contribution in [1.82, 2.24) is 20.4 Å². The molecule has 1 aliphatic rings. The molecule has 0 saturated heterocycles. The average molecular weight is 416 g/mol. The standard InChI is InChI=1S/C21H31N5O2.C2H6/c1-4-10-28-17-8-6-15(7-9-17)19-18(21(27)23-3)20(22)26(25-19)16-11-14(12-16)13-24-5-2;1-2/h6-9,14,16,24H,4-5,10-13,22H2,1-3H3,(H,23,27);1-2H3. The molecule has 166 valence electrons. The minimum Gasteiger partial charge on any atom is -0.494 e. The summed E-state index contributed by atoms with van der Waals surface area (Å²) >= 11 is 0. The topological polar surface area (TPSA) is 94.2 Å². The lowest BCUT2D eigenvalue weighted by molar-refractivity contribution is 0.0964. The lowest BCUT2D eigenvalue weighted by Crippen LogP contribution is -2.35. The predicted octanol–water partition coefficient (Wildman–Crippen LogP) is 3.87. The van der Waals surface area contributed by atoms with E-state index in [1.165, 1.54) is 0 Å². The number of hydrogen-bond acceptors (Lipinski definition) is 5. The molecule has 4 N–H and O–H groups in total. The fourth-order valence-electron chi connectivity index (χ4n) is 3.62. The molecule has 1 fully saturated rings. The van der Waals surface area contributed by atoms with E-state index in [9.17, 15) is 4.79 Å². The van der Waals surface area contributed by atoms with Crippen LogP contribution in [0.3, 0.4) is 0 Å². The molecule has 0 aliphatic heterocycles. The number of nitrogens with two attached hydrogens (primary N) is 1. The summed E-state index contributed by atoms with van der Waals surface area (Å²) in [5.74, 6) is 1.67. The first-order valence-electron chi connectivity index (χ1n) is 11.1. The van der Waals surface area contributed by atoms with Gasteiger partial charge in [0.05, 0.1) is 12.6 Å². The summed E-state index contributed by atoms with van der Waals surface area (Å²) in [5.41, 5.74) is 8.29. The molecular formula is C23H37N5O2. The Labute approximate surface area is 180 Å². The Morgan fingerprint density at radius 2 is 1.90 bits per heavy atom. The van der Waals surface area contributed by atoms with E-state index in [1.807, 2.05) is 42.8 Å². The summed E-state index contributed by atoms with van der Waals surface area (Å²) in [6.45, 7) is 10.9. The number of carbonyl (C=O) groups is 1. The zero-order valence-electron chi connectivity index (χ0n) is 19.0. The van der Waals surface area contributed by atoms with Crippen LogP contribution >= 0.6 is 0 Å². The molecule has 1 aromatic heterocycles. The van der Waals surface area contributed by atoms with E-state index in [-0.39, 0.29) is 11.9 Å². The first-order valence-corrected chi connectivity index (χ1v) is 11.1. The minimum absolute atomic E-state index is 0.214. The molecule has 1 aromatic carbocycles. The molecule has 1 heterocycles.